The first-order valence-electron chi connectivity index (χ1n) is 12.0. The van der Waals surface area contributed by atoms with Gasteiger partial charge in [-0.3, -0.25) is 19.6 Å². The van der Waals surface area contributed by atoms with E-state index in [1.807, 2.05) is 62.4 Å². The number of aromatic amines is 1. The van der Waals surface area contributed by atoms with Crippen LogP contribution in [0, 0.1) is 25.5 Å². The molecule has 0 unspecified atom stereocenters. The Morgan fingerprint density at radius 3 is 2.29 bits per heavy atom. The summed E-state index contributed by atoms with van der Waals surface area (Å²) in [5, 5.41) is 5.67. The van der Waals surface area contributed by atoms with Gasteiger partial charge in [-0.25, -0.2) is 18.3 Å². The number of para-hydroxylation sites is 1. The van der Waals surface area contributed by atoms with Crippen molar-refractivity contribution in [3.63, 3.8) is 0 Å². The zero-order valence-corrected chi connectivity index (χ0v) is 20.7. The molecule has 4 aromatic rings. The molecule has 1 aromatic heterocycles. The number of carbonyl (C=O) groups is 2. The highest BCUT2D eigenvalue weighted by Gasteiger charge is 2.34. The van der Waals surface area contributed by atoms with Crippen molar-refractivity contribution in [1.29, 1.82) is 0 Å². The van der Waals surface area contributed by atoms with E-state index in [0.717, 1.165) is 27.7 Å². The number of hydrogen-bond donors (Lipinski definition) is 2. The number of imide groups is 1. The Hall–Kier alpha value is -4.79. The second-order valence-electron chi connectivity index (χ2n) is 9.15. The van der Waals surface area contributed by atoms with Crippen LogP contribution in [0.15, 0.2) is 77.2 Å². The van der Waals surface area contributed by atoms with Crippen molar-refractivity contribution in [2.75, 3.05) is 0 Å². The number of nitrogens with zero attached hydrogens (tertiary/aromatic N) is 2. The average Bonchev–Trinajstić information content (AvgIpc) is 3.33. The molecule has 7 nitrogen and oxygen atoms in total. The second kappa shape index (κ2) is 9.93. The molecule has 0 atom stereocenters. The summed E-state index contributed by atoms with van der Waals surface area (Å²) >= 11 is 0. The highest BCUT2D eigenvalue weighted by atomic mass is 19.1. The number of urea groups is 1. The summed E-state index contributed by atoms with van der Waals surface area (Å²) in [6.45, 7) is 3.47. The molecule has 1 fully saturated rings. The third kappa shape index (κ3) is 4.66. The van der Waals surface area contributed by atoms with Gasteiger partial charge in [0.15, 0.2) is 0 Å². The van der Waals surface area contributed by atoms with Gasteiger partial charge in [0.2, 0.25) is 0 Å². The van der Waals surface area contributed by atoms with E-state index in [9.17, 15) is 23.2 Å². The third-order valence-corrected chi connectivity index (χ3v) is 6.58. The van der Waals surface area contributed by atoms with E-state index in [1.165, 1.54) is 16.8 Å². The predicted octanol–water partition coefficient (Wildman–Crippen LogP) is 4.74. The minimum Gasteiger partial charge on any atom is -0.303 e. The number of halogens is 2. The molecule has 1 aliphatic rings. The van der Waals surface area contributed by atoms with Crippen molar-refractivity contribution < 1.29 is 18.4 Å². The molecule has 0 radical (unpaired) electrons. The molecule has 0 bridgehead atoms. The predicted molar refractivity (Wildman–Crippen MR) is 139 cm³/mol. The van der Waals surface area contributed by atoms with Gasteiger partial charge in [0.1, 0.15) is 17.3 Å². The Kier molecular flexibility index (Phi) is 6.50. The molecule has 5 rings (SSSR count). The number of hydrogen-bond acceptors (Lipinski definition) is 3. The molecule has 3 amide bonds. The molecule has 0 saturated carbocycles. The number of H-pyrrole nitrogens is 1. The maximum absolute atomic E-state index is 14.2. The molecule has 192 valence electrons. The first kappa shape index (κ1) is 24.9. The molecule has 0 aliphatic carbocycles. The van der Waals surface area contributed by atoms with Crippen LogP contribution in [0.2, 0.25) is 0 Å². The van der Waals surface area contributed by atoms with Gasteiger partial charge in [-0.1, -0.05) is 48.5 Å². The highest BCUT2D eigenvalue weighted by Crippen LogP contribution is 2.22. The fourth-order valence-corrected chi connectivity index (χ4v) is 4.44. The van der Waals surface area contributed by atoms with Gasteiger partial charge in [0.05, 0.1) is 17.8 Å². The summed E-state index contributed by atoms with van der Waals surface area (Å²) in [5.74, 6) is -2.35. The molecule has 1 saturated heterocycles. The SMILES string of the molecule is Cc1ccccc1Cc1[nH]n(-c2ccccc2C)c(=O)c1C=C1NC(=O)N(Cc2ccc(F)cc2F)C1=O. The van der Waals surface area contributed by atoms with Gasteiger partial charge in [0.25, 0.3) is 11.5 Å². The van der Waals surface area contributed by atoms with Crippen molar-refractivity contribution in [3.05, 3.63) is 128 Å². The molecule has 38 heavy (non-hydrogen) atoms. The highest BCUT2D eigenvalue weighted by molar-refractivity contribution is 6.13. The van der Waals surface area contributed by atoms with Gasteiger partial charge in [0, 0.05) is 23.7 Å². The lowest BCUT2D eigenvalue weighted by Crippen LogP contribution is -2.30. The van der Waals surface area contributed by atoms with Crippen molar-refractivity contribution >= 4 is 18.0 Å². The van der Waals surface area contributed by atoms with Crippen LogP contribution in [0.4, 0.5) is 13.6 Å². The van der Waals surface area contributed by atoms with E-state index >= 15 is 0 Å². The number of nitrogens with one attached hydrogen (secondary N) is 2. The van der Waals surface area contributed by atoms with Crippen LogP contribution >= 0.6 is 0 Å². The topological polar surface area (TPSA) is 87.2 Å². The van der Waals surface area contributed by atoms with Crippen LogP contribution in [-0.2, 0) is 17.8 Å². The zero-order chi connectivity index (χ0) is 27.0. The summed E-state index contributed by atoms with van der Waals surface area (Å²) in [4.78, 5) is 40.2. The van der Waals surface area contributed by atoms with Gasteiger partial charge in [-0.15, -0.1) is 0 Å². The fourth-order valence-electron chi connectivity index (χ4n) is 4.44. The van der Waals surface area contributed by atoms with E-state index in [2.05, 4.69) is 10.4 Å². The molecule has 0 spiro atoms. The summed E-state index contributed by atoms with van der Waals surface area (Å²) in [7, 11) is 0. The number of aryl methyl sites for hydroxylation is 2. The van der Waals surface area contributed by atoms with Gasteiger partial charge in [-0.2, -0.15) is 0 Å². The van der Waals surface area contributed by atoms with Crippen molar-refractivity contribution in [2.45, 2.75) is 26.8 Å². The Morgan fingerprint density at radius 2 is 1.58 bits per heavy atom. The van der Waals surface area contributed by atoms with Crippen LogP contribution in [0.3, 0.4) is 0 Å². The molecule has 1 aliphatic heterocycles. The Labute approximate surface area is 217 Å². The molecule has 2 heterocycles. The van der Waals surface area contributed by atoms with Gasteiger partial charge >= 0.3 is 6.03 Å². The van der Waals surface area contributed by atoms with E-state index in [-0.39, 0.29) is 28.9 Å². The lowest BCUT2D eigenvalue weighted by molar-refractivity contribution is -0.123. The minimum absolute atomic E-state index is 0.0139. The number of rotatable bonds is 6. The quantitative estimate of drug-likeness (QED) is 0.288. The zero-order valence-electron chi connectivity index (χ0n) is 20.7. The summed E-state index contributed by atoms with van der Waals surface area (Å²) in [6.07, 6.45) is 1.73. The second-order valence-corrected chi connectivity index (χ2v) is 9.15. The normalized spacial score (nSPS) is 14.4. The molecule has 3 aromatic carbocycles. The van der Waals surface area contributed by atoms with Crippen molar-refractivity contribution in [1.82, 2.24) is 20.0 Å². The van der Waals surface area contributed by atoms with E-state index in [4.69, 9.17) is 0 Å². The van der Waals surface area contributed by atoms with Gasteiger partial charge in [-0.05, 0) is 48.7 Å². The monoisotopic (exact) mass is 514 g/mol. The molecular formula is C29H24F2N4O3. The lowest BCUT2D eigenvalue weighted by atomic mass is 10.0. The van der Waals surface area contributed by atoms with Crippen LogP contribution in [0.5, 0.6) is 0 Å². The molecule has 9 heteroatoms. The standard InChI is InChI=1S/C29H24F2N4O3/c1-17-7-3-5-9-19(17)13-24-22(27(36)35(33-24)26-10-6-4-8-18(26)2)15-25-28(37)34(29(38)32-25)16-20-11-12-21(30)14-23(20)31/h3-12,14-15,33H,13,16H2,1-2H3,(H,32,38). The fraction of sp³-hybridized carbons (Fsp3) is 0.138. The number of amides is 3. The molecule has 2 N–H and O–H groups in total. The largest absolute Gasteiger partial charge is 0.329 e. The van der Waals surface area contributed by atoms with Crippen LogP contribution in [-0.4, -0.2) is 26.6 Å². The van der Waals surface area contributed by atoms with E-state index < -0.39 is 23.6 Å². The van der Waals surface area contributed by atoms with Crippen molar-refractivity contribution in [2.24, 2.45) is 0 Å². The number of aromatic nitrogens is 2. The van der Waals surface area contributed by atoms with Crippen LogP contribution in [0.1, 0.15) is 33.5 Å². The summed E-state index contributed by atoms with van der Waals surface area (Å²) in [6, 6.07) is 17.3. The van der Waals surface area contributed by atoms with E-state index in [0.29, 0.717) is 23.9 Å². The molecular weight excluding hydrogens is 490 g/mol. The number of carbonyl (C=O) groups excluding carboxylic acids is 2. The van der Waals surface area contributed by atoms with Crippen LogP contribution in [0.25, 0.3) is 11.8 Å². The first-order valence-corrected chi connectivity index (χ1v) is 12.0. The average molecular weight is 515 g/mol. The third-order valence-electron chi connectivity index (χ3n) is 6.58. The maximum atomic E-state index is 14.2. The summed E-state index contributed by atoms with van der Waals surface area (Å²) in [5.41, 5.74) is 3.81. The minimum atomic E-state index is -0.865. The Morgan fingerprint density at radius 1 is 0.868 bits per heavy atom. The van der Waals surface area contributed by atoms with Crippen LogP contribution < -0.4 is 10.9 Å². The van der Waals surface area contributed by atoms with Crippen molar-refractivity contribution in [3.8, 4) is 5.69 Å². The maximum Gasteiger partial charge on any atom is 0.329 e. The lowest BCUT2D eigenvalue weighted by Gasteiger charge is -2.12. The smallest absolute Gasteiger partial charge is 0.303 e. The summed E-state index contributed by atoms with van der Waals surface area (Å²) < 4.78 is 28.9. The Bertz CT molecular complexity index is 1670. The Balaban J connectivity index is 1.55. The van der Waals surface area contributed by atoms with Gasteiger partial charge < -0.3 is 5.32 Å². The van der Waals surface area contributed by atoms with E-state index in [1.54, 1.807) is 0 Å². The number of benzene rings is 3. The first-order chi connectivity index (χ1) is 18.2.